The summed E-state index contributed by atoms with van der Waals surface area (Å²) in [6.07, 6.45) is 0.263. The number of H-pyrrole nitrogens is 1. The fraction of sp³-hybridized carbons (Fsp3) is 0.286. The molecule has 0 spiro atoms. The normalized spacial score (nSPS) is 14.0. The van der Waals surface area contributed by atoms with E-state index >= 15 is 0 Å². The Kier molecular flexibility index (Phi) is 5.52. The van der Waals surface area contributed by atoms with Gasteiger partial charge in [-0.2, -0.15) is 5.10 Å². The average molecular weight is 423 g/mol. The quantitative estimate of drug-likeness (QED) is 0.495. The van der Waals surface area contributed by atoms with E-state index in [1.54, 1.807) is 16.9 Å². The summed E-state index contributed by atoms with van der Waals surface area (Å²) in [5.41, 5.74) is 1.47. The van der Waals surface area contributed by atoms with Gasteiger partial charge in [-0.15, -0.1) is 0 Å². The van der Waals surface area contributed by atoms with Gasteiger partial charge in [0.05, 0.1) is 24.0 Å². The van der Waals surface area contributed by atoms with Crippen molar-refractivity contribution in [3.8, 4) is 5.75 Å². The third kappa shape index (κ3) is 4.18. The van der Waals surface area contributed by atoms with Gasteiger partial charge in [0.25, 0.3) is 11.6 Å². The summed E-state index contributed by atoms with van der Waals surface area (Å²) in [5.74, 6) is 0.375. The minimum atomic E-state index is -0.507. The molecule has 0 saturated carbocycles. The minimum absolute atomic E-state index is 0.0128. The summed E-state index contributed by atoms with van der Waals surface area (Å²) < 4.78 is 5.19. The molecule has 2 heterocycles. The molecular weight excluding hydrogens is 402 g/mol. The Bertz CT molecular complexity index is 1150. The van der Waals surface area contributed by atoms with Gasteiger partial charge in [-0.25, -0.2) is 0 Å². The summed E-state index contributed by atoms with van der Waals surface area (Å²) in [4.78, 5) is 39.5. The molecule has 1 fully saturated rings. The van der Waals surface area contributed by atoms with Crippen LogP contribution in [0.2, 0.25) is 0 Å². The first-order valence-corrected chi connectivity index (χ1v) is 9.79. The molecular formula is C21H21N5O5. The summed E-state index contributed by atoms with van der Waals surface area (Å²) >= 11 is 0. The number of ether oxygens (including phenoxy) is 1. The van der Waals surface area contributed by atoms with E-state index in [0.717, 1.165) is 5.56 Å². The maximum absolute atomic E-state index is 13.0. The SMILES string of the molecule is COc1cccc(CC(=O)N2CCN(C(=O)c3n[nH]c4ccc([N+](=O)[O-])cc34)CC2)c1. The molecule has 4 rings (SSSR count). The third-order valence-corrected chi connectivity index (χ3v) is 5.37. The van der Waals surface area contributed by atoms with Crippen molar-refractivity contribution in [2.24, 2.45) is 0 Å². The number of nitro groups is 1. The number of benzene rings is 2. The molecule has 0 atom stereocenters. The number of nitrogens with zero attached hydrogens (tertiary/aromatic N) is 4. The van der Waals surface area contributed by atoms with E-state index in [1.807, 2.05) is 24.3 Å². The molecule has 160 valence electrons. The first-order valence-electron chi connectivity index (χ1n) is 9.79. The summed E-state index contributed by atoms with van der Waals surface area (Å²) in [5, 5.41) is 18.3. The smallest absolute Gasteiger partial charge is 0.275 e. The van der Waals surface area contributed by atoms with Gasteiger partial charge in [-0.3, -0.25) is 24.8 Å². The van der Waals surface area contributed by atoms with Crippen LogP contribution in [0.25, 0.3) is 10.9 Å². The lowest BCUT2D eigenvalue weighted by atomic mass is 10.1. The number of non-ortho nitro benzene ring substituents is 1. The second-order valence-electron chi connectivity index (χ2n) is 7.26. The number of hydrogen-bond acceptors (Lipinski definition) is 6. The van der Waals surface area contributed by atoms with Crippen LogP contribution < -0.4 is 4.74 Å². The number of aromatic amines is 1. The van der Waals surface area contributed by atoms with Gasteiger partial charge >= 0.3 is 0 Å². The van der Waals surface area contributed by atoms with Gasteiger partial charge in [0.1, 0.15) is 5.75 Å². The van der Waals surface area contributed by atoms with Gasteiger partial charge in [0.2, 0.25) is 5.91 Å². The molecule has 1 N–H and O–H groups in total. The van der Waals surface area contributed by atoms with Gasteiger partial charge in [0, 0.05) is 43.7 Å². The van der Waals surface area contributed by atoms with Crippen LogP contribution in [-0.2, 0) is 11.2 Å². The Balaban J connectivity index is 1.41. The third-order valence-electron chi connectivity index (χ3n) is 5.37. The van der Waals surface area contributed by atoms with Crippen LogP contribution in [0.3, 0.4) is 0 Å². The van der Waals surface area contributed by atoms with Crippen LogP contribution in [-0.4, -0.2) is 70.0 Å². The zero-order valence-electron chi connectivity index (χ0n) is 16.9. The maximum atomic E-state index is 13.0. The predicted octanol–water partition coefficient (Wildman–Crippen LogP) is 2.01. The molecule has 0 radical (unpaired) electrons. The number of amides is 2. The monoisotopic (exact) mass is 423 g/mol. The molecule has 2 aromatic carbocycles. The van der Waals surface area contributed by atoms with Crippen LogP contribution in [0.4, 0.5) is 5.69 Å². The molecule has 1 aliphatic heterocycles. The summed E-state index contributed by atoms with van der Waals surface area (Å²) in [6.45, 7) is 1.56. The molecule has 1 aliphatic rings. The number of rotatable bonds is 5. The van der Waals surface area contributed by atoms with Crippen LogP contribution in [0.15, 0.2) is 42.5 Å². The van der Waals surface area contributed by atoms with Crippen molar-refractivity contribution in [3.05, 3.63) is 63.8 Å². The second kappa shape index (κ2) is 8.42. The second-order valence-corrected chi connectivity index (χ2v) is 7.26. The Morgan fingerprint density at radius 1 is 1.13 bits per heavy atom. The van der Waals surface area contributed by atoms with Crippen LogP contribution >= 0.6 is 0 Å². The van der Waals surface area contributed by atoms with Gasteiger partial charge in [0.15, 0.2) is 5.69 Å². The molecule has 0 bridgehead atoms. The number of methoxy groups -OCH3 is 1. The minimum Gasteiger partial charge on any atom is -0.497 e. The standard InChI is InChI=1S/C21H21N5O5/c1-31-16-4-2-3-14(11-16)12-19(27)24-7-9-25(10-8-24)21(28)20-17-13-15(26(29)30)5-6-18(17)22-23-20/h2-6,11,13H,7-10,12H2,1H3,(H,22,23). The predicted molar refractivity (Wildman–Crippen MR) is 112 cm³/mol. The molecule has 1 saturated heterocycles. The fourth-order valence-corrected chi connectivity index (χ4v) is 3.66. The Labute approximate surface area is 177 Å². The zero-order chi connectivity index (χ0) is 22.0. The van der Waals surface area contributed by atoms with Crippen molar-refractivity contribution in [2.45, 2.75) is 6.42 Å². The number of carbonyl (C=O) groups is 2. The van der Waals surface area contributed by atoms with Crippen LogP contribution in [0.1, 0.15) is 16.1 Å². The van der Waals surface area contributed by atoms with E-state index in [2.05, 4.69) is 10.2 Å². The molecule has 31 heavy (non-hydrogen) atoms. The maximum Gasteiger partial charge on any atom is 0.275 e. The van der Waals surface area contributed by atoms with E-state index in [0.29, 0.717) is 42.8 Å². The number of fused-ring (bicyclic) bond motifs is 1. The highest BCUT2D eigenvalue weighted by Crippen LogP contribution is 2.23. The topological polar surface area (TPSA) is 122 Å². The van der Waals surface area contributed by atoms with Gasteiger partial charge in [-0.05, 0) is 23.8 Å². The molecule has 0 aliphatic carbocycles. The van der Waals surface area contributed by atoms with E-state index < -0.39 is 4.92 Å². The van der Waals surface area contributed by atoms with Crippen molar-refractivity contribution in [1.82, 2.24) is 20.0 Å². The number of piperazine rings is 1. The van der Waals surface area contributed by atoms with Crippen LogP contribution in [0.5, 0.6) is 5.75 Å². The van der Waals surface area contributed by atoms with E-state index in [4.69, 9.17) is 4.74 Å². The lowest BCUT2D eigenvalue weighted by Gasteiger charge is -2.34. The lowest BCUT2D eigenvalue weighted by molar-refractivity contribution is -0.384. The number of nitrogens with one attached hydrogen (secondary N) is 1. The van der Waals surface area contributed by atoms with Gasteiger partial charge < -0.3 is 14.5 Å². The summed E-state index contributed by atoms with van der Waals surface area (Å²) in [7, 11) is 1.58. The highest BCUT2D eigenvalue weighted by atomic mass is 16.6. The molecule has 0 unspecified atom stereocenters. The Morgan fingerprint density at radius 2 is 1.87 bits per heavy atom. The van der Waals surface area contributed by atoms with Gasteiger partial charge in [-0.1, -0.05) is 12.1 Å². The van der Waals surface area contributed by atoms with E-state index in [-0.39, 0.29) is 29.6 Å². The van der Waals surface area contributed by atoms with Crippen molar-refractivity contribution in [2.75, 3.05) is 33.3 Å². The molecule has 10 nitrogen and oxygen atoms in total. The lowest BCUT2D eigenvalue weighted by Crippen LogP contribution is -2.51. The summed E-state index contributed by atoms with van der Waals surface area (Å²) in [6, 6.07) is 11.6. The number of nitro benzene ring substituents is 1. The molecule has 2 amide bonds. The van der Waals surface area contributed by atoms with Crippen molar-refractivity contribution in [1.29, 1.82) is 0 Å². The van der Waals surface area contributed by atoms with Crippen molar-refractivity contribution in [3.63, 3.8) is 0 Å². The zero-order valence-corrected chi connectivity index (χ0v) is 16.9. The van der Waals surface area contributed by atoms with Crippen molar-refractivity contribution >= 4 is 28.4 Å². The Morgan fingerprint density at radius 3 is 2.58 bits per heavy atom. The highest BCUT2D eigenvalue weighted by Gasteiger charge is 2.27. The average Bonchev–Trinajstić information content (AvgIpc) is 3.22. The molecule has 3 aromatic rings. The molecule has 1 aromatic heterocycles. The number of hydrogen-bond donors (Lipinski definition) is 1. The van der Waals surface area contributed by atoms with Crippen LogP contribution in [0, 0.1) is 10.1 Å². The Hall–Kier alpha value is -3.95. The first kappa shape index (κ1) is 20.3. The molecule has 10 heteroatoms. The highest BCUT2D eigenvalue weighted by molar-refractivity contribution is 6.05. The largest absolute Gasteiger partial charge is 0.497 e. The van der Waals surface area contributed by atoms with E-state index in [1.165, 1.54) is 18.2 Å². The fourth-order valence-electron chi connectivity index (χ4n) is 3.66. The van der Waals surface area contributed by atoms with E-state index in [9.17, 15) is 19.7 Å². The number of aromatic nitrogens is 2. The van der Waals surface area contributed by atoms with Crippen molar-refractivity contribution < 1.29 is 19.2 Å². The number of carbonyl (C=O) groups excluding carboxylic acids is 2. The first-order chi connectivity index (χ1) is 15.0.